The van der Waals surface area contributed by atoms with E-state index in [2.05, 4.69) is 15.5 Å². The van der Waals surface area contributed by atoms with Gasteiger partial charge in [0, 0.05) is 5.02 Å². The molecule has 1 aliphatic rings. The Balaban J connectivity index is 1.63. The summed E-state index contributed by atoms with van der Waals surface area (Å²) in [7, 11) is 0. The van der Waals surface area contributed by atoms with Gasteiger partial charge in [0.1, 0.15) is 0 Å². The van der Waals surface area contributed by atoms with Crippen molar-refractivity contribution < 1.29 is 4.79 Å². The summed E-state index contributed by atoms with van der Waals surface area (Å²) in [6.07, 6.45) is 2.27. The third-order valence-electron chi connectivity index (χ3n) is 3.24. The summed E-state index contributed by atoms with van der Waals surface area (Å²) in [5.41, 5.74) is 1.99. The van der Waals surface area contributed by atoms with Crippen LogP contribution in [0.2, 0.25) is 5.02 Å². The van der Waals surface area contributed by atoms with Gasteiger partial charge in [-0.2, -0.15) is 5.10 Å². The van der Waals surface area contributed by atoms with Crippen molar-refractivity contribution in [2.75, 3.05) is 0 Å². The van der Waals surface area contributed by atoms with Crippen molar-refractivity contribution in [3.63, 3.8) is 0 Å². The van der Waals surface area contributed by atoms with Gasteiger partial charge in [0.25, 0.3) is 0 Å². The molecule has 1 N–H and O–H groups in total. The first kappa shape index (κ1) is 15.8. The Morgan fingerprint density at radius 3 is 2.78 bits per heavy atom. The third kappa shape index (κ3) is 4.43. The number of benzene rings is 2. The zero-order valence-corrected chi connectivity index (χ0v) is 13.7. The number of carbonyl (C=O) groups excluding carboxylic acids is 1. The van der Waals surface area contributed by atoms with Crippen molar-refractivity contribution in [2.24, 2.45) is 10.2 Å². The summed E-state index contributed by atoms with van der Waals surface area (Å²) in [6, 6.07) is 17.2. The van der Waals surface area contributed by atoms with Gasteiger partial charge in [0.15, 0.2) is 5.17 Å². The van der Waals surface area contributed by atoms with E-state index >= 15 is 0 Å². The van der Waals surface area contributed by atoms with Gasteiger partial charge in [-0.15, -0.1) is 5.10 Å². The number of halogens is 1. The highest BCUT2D eigenvalue weighted by Crippen LogP contribution is 2.24. The molecule has 0 spiro atoms. The minimum atomic E-state index is -0.209. The lowest BCUT2D eigenvalue weighted by atomic mass is 10.1. The monoisotopic (exact) mass is 343 g/mol. The predicted molar refractivity (Wildman–Crippen MR) is 96.1 cm³/mol. The van der Waals surface area contributed by atoms with Crippen LogP contribution >= 0.6 is 23.4 Å². The topological polar surface area (TPSA) is 53.8 Å². The lowest BCUT2D eigenvalue weighted by molar-refractivity contribution is -0.118. The smallest absolute Gasteiger partial charge is 0.239 e. The van der Waals surface area contributed by atoms with Gasteiger partial charge < -0.3 is 5.32 Å². The lowest BCUT2D eigenvalue weighted by Crippen LogP contribution is -2.25. The van der Waals surface area contributed by atoms with E-state index in [0.29, 0.717) is 16.6 Å². The molecule has 1 amide bonds. The van der Waals surface area contributed by atoms with Gasteiger partial charge in [-0.25, -0.2) is 0 Å². The minimum Gasteiger partial charge on any atom is -0.303 e. The summed E-state index contributed by atoms with van der Waals surface area (Å²) in [6.45, 7) is 0. The number of thioether (sulfide) groups is 1. The van der Waals surface area contributed by atoms with Crippen molar-refractivity contribution >= 4 is 40.7 Å². The first-order valence-electron chi connectivity index (χ1n) is 7.09. The average Bonchev–Trinajstić information content (AvgIpc) is 2.88. The van der Waals surface area contributed by atoms with Gasteiger partial charge in [-0.05, 0) is 29.7 Å². The fraction of sp³-hybridized carbons (Fsp3) is 0.118. The van der Waals surface area contributed by atoms with Gasteiger partial charge in [-0.3, -0.25) is 4.79 Å². The van der Waals surface area contributed by atoms with Crippen LogP contribution in [0.1, 0.15) is 11.1 Å². The molecule has 2 aromatic carbocycles. The number of amides is 1. The van der Waals surface area contributed by atoms with Crippen LogP contribution in [-0.2, 0) is 11.2 Å². The van der Waals surface area contributed by atoms with E-state index in [0.717, 1.165) is 11.1 Å². The number of nitrogens with zero attached hydrogens (tertiary/aromatic N) is 2. The highest BCUT2D eigenvalue weighted by atomic mass is 35.5. The number of rotatable bonds is 4. The second-order valence-electron chi connectivity index (χ2n) is 4.99. The van der Waals surface area contributed by atoms with Crippen LogP contribution in [0.3, 0.4) is 0 Å². The van der Waals surface area contributed by atoms with Crippen LogP contribution in [0.25, 0.3) is 0 Å². The van der Waals surface area contributed by atoms with Crippen LogP contribution in [0.4, 0.5) is 0 Å². The zero-order valence-electron chi connectivity index (χ0n) is 12.1. The Kier molecular flexibility index (Phi) is 5.10. The fourth-order valence-corrected chi connectivity index (χ4v) is 3.33. The Morgan fingerprint density at radius 2 is 2.00 bits per heavy atom. The lowest BCUT2D eigenvalue weighted by Gasteiger charge is -2.05. The summed E-state index contributed by atoms with van der Waals surface area (Å²) < 4.78 is 0. The molecule has 1 aliphatic heterocycles. The van der Waals surface area contributed by atoms with Crippen LogP contribution < -0.4 is 5.32 Å². The Hall–Kier alpha value is -2.11. The minimum absolute atomic E-state index is 0.0522. The molecule has 1 fully saturated rings. The second-order valence-corrected chi connectivity index (χ2v) is 6.62. The Bertz CT molecular complexity index is 761. The molecule has 2 aromatic rings. The van der Waals surface area contributed by atoms with Gasteiger partial charge in [0.2, 0.25) is 5.91 Å². The predicted octanol–water partition coefficient (Wildman–Crippen LogP) is 3.50. The van der Waals surface area contributed by atoms with E-state index in [1.54, 1.807) is 6.21 Å². The van der Waals surface area contributed by atoms with E-state index in [4.69, 9.17) is 11.6 Å². The molecule has 23 heavy (non-hydrogen) atoms. The van der Waals surface area contributed by atoms with Gasteiger partial charge >= 0.3 is 0 Å². The second kappa shape index (κ2) is 7.44. The molecule has 4 nitrogen and oxygen atoms in total. The standard InChI is InChI=1S/C17H14ClN3OS/c18-14-8-4-7-13(9-14)10-15-16(22)20-17(23-15)21-19-11-12-5-2-1-3-6-12/h1-9,11,15H,10H2,(H,20,21,22). The summed E-state index contributed by atoms with van der Waals surface area (Å²) >= 11 is 7.36. The largest absolute Gasteiger partial charge is 0.303 e. The molecule has 0 aromatic heterocycles. The normalized spacial score (nSPS) is 19.4. The molecule has 1 unspecified atom stereocenters. The van der Waals surface area contributed by atoms with E-state index in [1.807, 2.05) is 54.6 Å². The quantitative estimate of drug-likeness (QED) is 0.682. The van der Waals surface area contributed by atoms with Gasteiger partial charge in [-0.1, -0.05) is 65.8 Å². The molecule has 1 saturated heterocycles. The Labute approximate surface area is 143 Å². The molecule has 0 radical (unpaired) electrons. The zero-order chi connectivity index (χ0) is 16.1. The first-order chi connectivity index (χ1) is 11.2. The molecular weight excluding hydrogens is 330 g/mol. The van der Waals surface area contributed by atoms with E-state index in [9.17, 15) is 4.79 Å². The first-order valence-corrected chi connectivity index (χ1v) is 8.34. The average molecular weight is 344 g/mol. The molecule has 6 heteroatoms. The van der Waals surface area contributed by atoms with Crippen LogP contribution in [0, 0.1) is 0 Å². The Morgan fingerprint density at radius 1 is 1.17 bits per heavy atom. The molecule has 116 valence electrons. The number of hydrogen-bond acceptors (Lipinski definition) is 4. The van der Waals surface area contributed by atoms with Crippen LogP contribution in [0.5, 0.6) is 0 Å². The summed E-state index contributed by atoms with van der Waals surface area (Å²) in [5, 5.41) is 11.8. The van der Waals surface area contributed by atoms with Crippen LogP contribution in [0.15, 0.2) is 64.8 Å². The maximum Gasteiger partial charge on any atom is 0.239 e. The number of hydrogen-bond donors (Lipinski definition) is 1. The summed E-state index contributed by atoms with van der Waals surface area (Å²) in [4.78, 5) is 12.0. The van der Waals surface area contributed by atoms with Crippen molar-refractivity contribution in [1.29, 1.82) is 0 Å². The van der Waals surface area contributed by atoms with Crippen molar-refractivity contribution in [3.05, 3.63) is 70.7 Å². The summed E-state index contributed by atoms with van der Waals surface area (Å²) in [5.74, 6) is -0.0522. The van der Waals surface area contributed by atoms with E-state index < -0.39 is 0 Å². The maximum atomic E-state index is 12.0. The number of nitrogens with one attached hydrogen (secondary N) is 1. The SMILES string of the molecule is O=C1NC(=NN=Cc2ccccc2)SC1Cc1cccc(Cl)c1. The van der Waals surface area contributed by atoms with Crippen LogP contribution in [-0.4, -0.2) is 22.5 Å². The molecule has 1 atom stereocenters. The highest BCUT2D eigenvalue weighted by Gasteiger charge is 2.30. The molecule has 0 bridgehead atoms. The fourth-order valence-electron chi connectivity index (χ4n) is 2.15. The van der Waals surface area contributed by atoms with E-state index in [1.165, 1.54) is 11.8 Å². The molecular formula is C17H14ClN3OS. The third-order valence-corrected chi connectivity index (χ3v) is 4.55. The number of amidine groups is 1. The maximum absolute atomic E-state index is 12.0. The number of carbonyl (C=O) groups is 1. The van der Waals surface area contributed by atoms with Crippen molar-refractivity contribution in [2.45, 2.75) is 11.7 Å². The molecule has 1 heterocycles. The van der Waals surface area contributed by atoms with Crippen molar-refractivity contribution in [3.8, 4) is 0 Å². The molecule has 3 rings (SSSR count). The van der Waals surface area contributed by atoms with E-state index in [-0.39, 0.29) is 11.2 Å². The van der Waals surface area contributed by atoms with Crippen molar-refractivity contribution in [1.82, 2.24) is 5.32 Å². The highest BCUT2D eigenvalue weighted by molar-refractivity contribution is 8.15. The molecule has 0 saturated carbocycles. The molecule has 0 aliphatic carbocycles. The van der Waals surface area contributed by atoms with Gasteiger partial charge in [0.05, 0.1) is 11.5 Å².